The fourth-order valence-electron chi connectivity index (χ4n) is 1.45. The van der Waals surface area contributed by atoms with Crippen molar-refractivity contribution < 1.29 is 4.92 Å². The summed E-state index contributed by atoms with van der Waals surface area (Å²) in [7, 11) is 0. The van der Waals surface area contributed by atoms with Gasteiger partial charge in [0.1, 0.15) is 0 Å². The van der Waals surface area contributed by atoms with Gasteiger partial charge in [0.05, 0.1) is 4.92 Å². The van der Waals surface area contributed by atoms with Crippen LogP contribution in [0.5, 0.6) is 0 Å². The van der Waals surface area contributed by atoms with Gasteiger partial charge in [0, 0.05) is 24.6 Å². The Kier molecular flexibility index (Phi) is 3.90. The van der Waals surface area contributed by atoms with E-state index in [1.807, 2.05) is 16.7 Å². The minimum Gasteiger partial charge on any atom is -0.339 e. The Morgan fingerprint density at radius 2 is 1.76 bits per heavy atom. The highest BCUT2D eigenvalue weighted by Crippen LogP contribution is 2.31. The fraction of sp³-hybridized carbons (Fsp3) is 0.500. The fourth-order valence-corrected chi connectivity index (χ4v) is 2.87. The van der Waals surface area contributed by atoms with Gasteiger partial charge in [-0.3, -0.25) is 10.1 Å². The first-order chi connectivity index (χ1) is 8.09. The lowest BCUT2D eigenvalue weighted by Crippen LogP contribution is -2.33. The molecule has 0 aliphatic carbocycles. The van der Waals surface area contributed by atoms with Gasteiger partial charge >= 0.3 is 5.69 Å². The first-order valence-corrected chi connectivity index (χ1v) is 6.71. The molecule has 0 amide bonds. The molecule has 17 heavy (non-hydrogen) atoms. The molecule has 0 radical (unpaired) electrons. The van der Waals surface area contributed by atoms with Crippen molar-refractivity contribution in [3.8, 4) is 0 Å². The van der Waals surface area contributed by atoms with Crippen LogP contribution < -0.4 is 4.90 Å². The zero-order chi connectivity index (χ0) is 12.4. The van der Waals surface area contributed by atoms with Crippen molar-refractivity contribution in [2.45, 2.75) is 0 Å². The maximum Gasteiger partial charge on any atom is 0.343 e. The summed E-state index contributed by atoms with van der Waals surface area (Å²) in [6.07, 6.45) is 0. The first kappa shape index (κ1) is 12.7. The predicted octanol–water partition coefficient (Wildman–Crippen LogP) is 2.24. The Bertz CT molecular complexity index is 430. The van der Waals surface area contributed by atoms with Crippen molar-refractivity contribution in [1.29, 1.82) is 0 Å². The summed E-state index contributed by atoms with van der Waals surface area (Å²) < 4.78 is 0. The molecule has 0 saturated carbocycles. The number of rotatable bonds is 2. The minimum absolute atomic E-state index is 0.219. The SMILES string of the molecule is O=[N+]([O-])c1c(Cl)nc(N2CCSCC2)nc1Cl. The molecule has 0 spiro atoms. The van der Waals surface area contributed by atoms with Gasteiger partial charge in [0.2, 0.25) is 16.3 Å². The molecule has 1 aliphatic rings. The molecule has 2 heterocycles. The average molecular weight is 295 g/mol. The molecule has 0 N–H and O–H groups in total. The third kappa shape index (κ3) is 2.72. The van der Waals surface area contributed by atoms with Crippen molar-refractivity contribution in [3.05, 3.63) is 20.4 Å². The topological polar surface area (TPSA) is 72.2 Å². The van der Waals surface area contributed by atoms with Crippen LogP contribution in [-0.2, 0) is 0 Å². The third-order valence-electron chi connectivity index (χ3n) is 2.26. The van der Waals surface area contributed by atoms with Crippen molar-refractivity contribution in [1.82, 2.24) is 9.97 Å². The van der Waals surface area contributed by atoms with Crippen molar-refractivity contribution in [2.24, 2.45) is 0 Å². The molecule has 2 rings (SSSR count). The van der Waals surface area contributed by atoms with Crippen LogP contribution in [0.15, 0.2) is 0 Å². The van der Waals surface area contributed by atoms with Gasteiger partial charge in [-0.1, -0.05) is 23.2 Å². The Morgan fingerprint density at radius 3 is 2.24 bits per heavy atom. The van der Waals surface area contributed by atoms with Gasteiger partial charge in [-0.15, -0.1) is 0 Å². The van der Waals surface area contributed by atoms with Crippen LogP contribution in [0, 0.1) is 10.1 Å². The summed E-state index contributed by atoms with van der Waals surface area (Å²) in [6.45, 7) is 1.57. The van der Waals surface area contributed by atoms with Gasteiger partial charge in [0.25, 0.3) is 0 Å². The second-order valence-electron chi connectivity index (χ2n) is 3.31. The zero-order valence-electron chi connectivity index (χ0n) is 8.60. The van der Waals surface area contributed by atoms with E-state index in [2.05, 4.69) is 9.97 Å². The van der Waals surface area contributed by atoms with Gasteiger partial charge in [-0.25, -0.2) is 0 Å². The minimum atomic E-state index is -0.680. The Hall–Kier alpha value is -0.790. The molecule has 0 bridgehead atoms. The average Bonchev–Trinajstić information content (AvgIpc) is 2.28. The molecule has 1 fully saturated rings. The van der Waals surface area contributed by atoms with Gasteiger partial charge in [0.15, 0.2) is 0 Å². The number of thioether (sulfide) groups is 1. The summed E-state index contributed by atoms with van der Waals surface area (Å²) in [4.78, 5) is 19.8. The number of hydrogen-bond acceptors (Lipinski definition) is 6. The van der Waals surface area contributed by atoms with E-state index in [4.69, 9.17) is 23.2 Å². The van der Waals surface area contributed by atoms with Crippen molar-refractivity contribution in [2.75, 3.05) is 29.5 Å². The Labute approximate surface area is 111 Å². The number of anilines is 1. The molecule has 92 valence electrons. The quantitative estimate of drug-likeness (QED) is 0.473. The van der Waals surface area contributed by atoms with E-state index in [0.29, 0.717) is 5.95 Å². The van der Waals surface area contributed by atoms with E-state index < -0.39 is 10.6 Å². The smallest absolute Gasteiger partial charge is 0.339 e. The summed E-state index contributed by atoms with van der Waals surface area (Å²) >= 11 is 13.3. The van der Waals surface area contributed by atoms with Gasteiger partial charge in [-0.2, -0.15) is 21.7 Å². The summed E-state index contributed by atoms with van der Waals surface area (Å²) in [5.41, 5.74) is -0.441. The monoisotopic (exact) mass is 294 g/mol. The lowest BCUT2D eigenvalue weighted by Gasteiger charge is -2.26. The van der Waals surface area contributed by atoms with Crippen LogP contribution in [0.1, 0.15) is 0 Å². The van der Waals surface area contributed by atoms with Crippen LogP contribution in [0.25, 0.3) is 0 Å². The lowest BCUT2D eigenvalue weighted by molar-refractivity contribution is -0.385. The van der Waals surface area contributed by atoms with Crippen LogP contribution in [0.4, 0.5) is 11.6 Å². The van der Waals surface area contributed by atoms with Crippen molar-refractivity contribution in [3.63, 3.8) is 0 Å². The number of nitrogens with zero attached hydrogens (tertiary/aromatic N) is 4. The highest BCUT2D eigenvalue weighted by molar-refractivity contribution is 7.99. The molecular formula is C8H8Cl2N4O2S. The molecule has 1 aromatic rings. The third-order valence-corrected chi connectivity index (χ3v) is 3.73. The number of nitro groups is 1. The van der Waals surface area contributed by atoms with Crippen LogP contribution in [-0.4, -0.2) is 39.5 Å². The highest BCUT2D eigenvalue weighted by atomic mass is 35.5. The largest absolute Gasteiger partial charge is 0.343 e. The molecule has 1 saturated heterocycles. The van der Waals surface area contributed by atoms with Crippen LogP contribution in [0.2, 0.25) is 10.3 Å². The number of halogens is 2. The molecule has 9 heteroatoms. The zero-order valence-corrected chi connectivity index (χ0v) is 10.9. The molecule has 1 aromatic heterocycles. The molecule has 6 nitrogen and oxygen atoms in total. The Morgan fingerprint density at radius 1 is 1.24 bits per heavy atom. The Balaban J connectivity index is 2.34. The summed E-state index contributed by atoms with van der Waals surface area (Å²) in [5, 5.41) is 10.2. The maximum atomic E-state index is 10.7. The van der Waals surface area contributed by atoms with E-state index in [0.717, 1.165) is 24.6 Å². The second kappa shape index (κ2) is 5.24. The van der Waals surface area contributed by atoms with Gasteiger partial charge in [-0.05, 0) is 0 Å². The molecule has 0 atom stereocenters. The van der Waals surface area contributed by atoms with E-state index in [1.165, 1.54) is 0 Å². The second-order valence-corrected chi connectivity index (χ2v) is 5.25. The van der Waals surface area contributed by atoms with E-state index in [-0.39, 0.29) is 10.3 Å². The number of hydrogen-bond donors (Lipinski definition) is 0. The first-order valence-electron chi connectivity index (χ1n) is 4.79. The molecular weight excluding hydrogens is 287 g/mol. The van der Waals surface area contributed by atoms with E-state index >= 15 is 0 Å². The molecule has 1 aliphatic heterocycles. The predicted molar refractivity (Wildman–Crippen MR) is 68.2 cm³/mol. The van der Waals surface area contributed by atoms with E-state index in [9.17, 15) is 10.1 Å². The van der Waals surface area contributed by atoms with Crippen LogP contribution >= 0.6 is 35.0 Å². The van der Waals surface area contributed by atoms with E-state index in [1.54, 1.807) is 0 Å². The standard InChI is InChI=1S/C8H8Cl2N4O2S/c9-6-5(14(15)16)7(10)12-8(11-6)13-1-3-17-4-2-13/h1-4H2. The lowest BCUT2D eigenvalue weighted by atomic mass is 10.5. The summed E-state index contributed by atoms with van der Waals surface area (Å²) in [6, 6.07) is 0. The normalized spacial score (nSPS) is 16.0. The van der Waals surface area contributed by atoms with Gasteiger partial charge < -0.3 is 4.90 Å². The van der Waals surface area contributed by atoms with Crippen LogP contribution in [0.3, 0.4) is 0 Å². The number of aromatic nitrogens is 2. The molecule has 0 aromatic carbocycles. The summed E-state index contributed by atoms with van der Waals surface area (Å²) in [5.74, 6) is 2.29. The highest BCUT2D eigenvalue weighted by Gasteiger charge is 2.24. The molecule has 0 unspecified atom stereocenters. The maximum absolute atomic E-state index is 10.7. The van der Waals surface area contributed by atoms with Crippen molar-refractivity contribution >= 4 is 46.6 Å².